The lowest BCUT2D eigenvalue weighted by atomic mass is 9.62. The first-order valence-electron chi connectivity index (χ1n) is 59.0. The van der Waals surface area contributed by atoms with E-state index in [1.54, 1.807) is 0 Å². The van der Waals surface area contributed by atoms with Crippen LogP contribution in [0, 0.1) is 98.6 Å². The van der Waals surface area contributed by atoms with Crippen molar-refractivity contribution in [1.82, 2.24) is 64.3 Å². The number of rotatable bonds is 20. The van der Waals surface area contributed by atoms with E-state index < -0.39 is 0 Å². The van der Waals surface area contributed by atoms with Gasteiger partial charge in [-0.2, -0.15) is 0 Å². The lowest BCUT2D eigenvalue weighted by Gasteiger charge is -2.52. The smallest absolute Gasteiger partial charge is 0.425 e. The standard InChI is InChI=1S/C24H38N2O2.C21H38N2O2.C20H36N2O2.C19H34N2O2.C19H36N2O2.C17H33N3O2/c1-18(2)24(19(3)4)16-21(15-20-9-7-6-8-10-20)17-26(24)23(27)28-22-11-13-25(5)14-12-22;1-16(2)21(17(3)4)14-20(10-6-7-11-20)15-23(21)19(24)25-18-8-12-22(5)13-9-18;1-15(2)20(16(3)4)13-19(9-6-10-19)14-22(20)18(23)24-17-7-11-21(5)12-8-17;1-14(2)19(15(3)4)12-18(8-9-18)13-21(19)17(22)23-16-6-10-20(5)11-7-16;1-14(2)19(15(3)4)12-18(5,6)13-21(19)17(22)23-16-8-10-20(7)11-9-16;1-13(2)17(14(3)4)9-6-10-18-20(17)16(21)22-15-7-11-19(5)12-8-15/h6-10,18-19,21-22H,11-17H2,1-5H3;16-18H,6-15H2,1-5H3;15-17H,6-14H2,1-5H3;14-16H,6-13H2,1-5H3;14-16H,8-13H2,1-7H3;13-15,18H,6-12H2,1-5H3. The van der Waals surface area contributed by atoms with Gasteiger partial charge in [-0.15, -0.1) is 0 Å². The predicted octanol–water partition coefficient (Wildman–Crippen LogP) is 24.1. The Balaban J connectivity index is 0.000000166. The molecule has 25 nitrogen and oxygen atoms in total. The van der Waals surface area contributed by atoms with E-state index in [2.05, 4.69) is 312 Å². The molecule has 3 aliphatic carbocycles. The minimum Gasteiger partial charge on any atom is -0.446 e. The van der Waals surface area contributed by atoms with Crippen LogP contribution >= 0.6 is 0 Å². The van der Waals surface area contributed by atoms with Gasteiger partial charge < -0.3 is 82.3 Å². The first-order chi connectivity index (χ1) is 68.1. The van der Waals surface area contributed by atoms with Crippen molar-refractivity contribution < 1.29 is 57.2 Å². The molecule has 25 heteroatoms. The van der Waals surface area contributed by atoms with Crippen LogP contribution in [0.1, 0.15) is 365 Å². The molecule has 0 radical (unpaired) electrons. The average molecular weight is 2030 g/mol. The van der Waals surface area contributed by atoms with Crippen LogP contribution in [0.15, 0.2) is 30.3 Å². The van der Waals surface area contributed by atoms with E-state index in [1.807, 2.05) is 5.01 Å². The van der Waals surface area contributed by atoms with Crippen LogP contribution < -0.4 is 5.43 Å². The molecule has 3 spiro atoms. The Morgan fingerprint density at radius 3 is 0.800 bits per heavy atom. The van der Waals surface area contributed by atoms with E-state index >= 15 is 0 Å². The molecular formula is C120H215N13O12. The van der Waals surface area contributed by atoms with Crippen LogP contribution in [0.2, 0.25) is 0 Å². The molecule has 12 aliphatic heterocycles. The SMILES string of the molecule is CC(C)C1(C(C)C)CC(C)(C)CN1C(=O)OC1CCN(C)CC1.CC(C)C1(C(C)C)CC(Cc2ccccc2)CN1C(=O)OC1CCN(C)CC1.CC(C)C1(C(C)C)CC2(CC2)CN1C(=O)OC1CCN(C)CC1.CC(C)C1(C(C)C)CC2(CCC2)CN1C(=O)OC1CCN(C)CC1.CC(C)C1(C(C)C)CC2(CCCC2)CN1C(=O)OC1CCN(C)CC1.CC(C)C1(C(C)C)CCCNN1C(=O)OC1CCN(C)CC1. The molecule has 6 amide bonds. The highest BCUT2D eigenvalue weighted by atomic mass is 16.6. The van der Waals surface area contributed by atoms with E-state index in [4.69, 9.17) is 28.4 Å². The van der Waals surface area contributed by atoms with Crippen molar-refractivity contribution in [2.45, 2.75) is 436 Å². The van der Waals surface area contributed by atoms with Crippen molar-refractivity contribution in [1.29, 1.82) is 0 Å². The third-order valence-electron chi connectivity index (χ3n) is 40.1. The quantitative estimate of drug-likeness (QED) is 0.120. The summed E-state index contributed by atoms with van der Waals surface area (Å²) < 4.78 is 35.8. The minimum absolute atomic E-state index is 0.0287. The van der Waals surface area contributed by atoms with E-state index in [1.165, 1.54) is 63.4 Å². The number of nitrogens with zero attached hydrogens (tertiary/aromatic N) is 12. The van der Waals surface area contributed by atoms with Gasteiger partial charge >= 0.3 is 36.6 Å². The van der Waals surface area contributed by atoms with Gasteiger partial charge in [-0.3, -0.25) is 0 Å². The van der Waals surface area contributed by atoms with Gasteiger partial charge in [0.1, 0.15) is 36.6 Å². The lowest BCUT2D eigenvalue weighted by Crippen LogP contribution is -2.66. The highest BCUT2D eigenvalue weighted by molar-refractivity contribution is 5.73. The number of ether oxygens (including phenoxy) is 6. The number of carbonyl (C=O) groups excluding carboxylic acids is 6. The zero-order valence-electron chi connectivity index (χ0n) is 98.4. The normalized spacial score (nSPS) is 25.6. The molecule has 145 heavy (non-hydrogen) atoms. The summed E-state index contributed by atoms with van der Waals surface area (Å²) in [4.78, 5) is 103. The summed E-state index contributed by atoms with van der Waals surface area (Å²) in [6, 6.07) is 10.7. The molecule has 1 unspecified atom stereocenters. The molecule has 1 N–H and O–H groups in total. The number of amides is 6. The third-order valence-corrected chi connectivity index (χ3v) is 40.1. The summed E-state index contributed by atoms with van der Waals surface area (Å²) in [5.74, 6) is 5.69. The van der Waals surface area contributed by atoms with Crippen molar-refractivity contribution in [3.8, 4) is 0 Å². The Bertz CT molecular complexity index is 4050. The van der Waals surface area contributed by atoms with Gasteiger partial charge in [-0.25, -0.2) is 39.2 Å². The van der Waals surface area contributed by atoms with Crippen molar-refractivity contribution >= 4 is 36.6 Å². The van der Waals surface area contributed by atoms with E-state index in [9.17, 15) is 28.8 Å². The van der Waals surface area contributed by atoms with Gasteiger partial charge in [0, 0.05) is 118 Å². The van der Waals surface area contributed by atoms with E-state index in [-0.39, 0.29) is 112 Å². The van der Waals surface area contributed by atoms with Gasteiger partial charge in [0.15, 0.2) is 0 Å². The molecule has 0 aromatic heterocycles. The molecule has 1 aromatic carbocycles. The Morgan fingerprint density at radius 2 is 0.538 bits per heavy atom. The van der Waals surface area contributed by atoms with Crippen LogP contribution in [0.4, 0.5) is 28.8 Å². The number of hydrogen-bond acceptors (Lipinski definition) is 19. The summed E-state index contributed by atoms with van der Waals surface area (Å²) in [5.41, 5.74) is 5.48. The zero-order chi connectivity index (χ0) is 107. The lowest BCUT2D eigenvalue weighted by molar-refractivity contribution is -0.0700. The fraction of sp³-hybridized carbons (Fsp3) is 0.900. The third kappa shape index (κ3) is 27.7. The molecule has 16 rings (SSSR count). The number of benzene rings is 1. The largest absolute Gasteiger partial charge is 0.446 e. The maximum absolute atomic E-state index is 13.3. The molecule has 832 valence electrons. The molecule has 15 fully saturated rings. The monoisotopic (exact) mass is 2030 g/mol. The van der Waals surface area contributed by atoms with Gasteiger partial charge in [0.25, 0.3) is 0 Å². The molecule has 15 aliphatic rings. The molecule has 3 saturated carbocycles. The van der Waals surface area contributed by atoms with Crippen LogP contribution in [-0.4, -0.2) is 325 Å². The minimum atomic E-state index is -0.184. The second kappa shape index (κ2) is 50.6. The summed E-state index contributed by atoms with van der Waals surface area (Å²) >= 11 is 0. The first-order valence-corrected chi connectivity index (χ1v) is 59.0. The average Bonchev–Trinajstić information content (AvgIpc) is 1.57. The van der Waals surface area contributed by atoms with E-state index in [0.717, 1.165) is 246 Å². The summed E-state index contributed by atoms with van der Waals surface area (Å²) in [6.45, 7) is 76.3. The van der Waals surface area contributed by atoms with E-state index in [0.29, 0.717) is 93.2 Å². The first kappa shape index (κ1) is 120. The fourth-order valence-electron chi connectivity index (χ4n) is 30.7. The van der Waals surface area contributed by atoms with Gasteiger partial charge in [0.2, 0.25) is 0 Å². The number of likely N-dealkylation sites (tertiary alicyclic amines) is 11. The second-order valence-electron chi connectivity index (χ2n) is 54.1. The maximum Gasteiger partial charge on any atom is 0.425 e. The Labute approximate surface area is 883 Å². The molecule has 1 atom stereocenters. The highest BCUT2D eigenvalue weighted by Crippen LogP contribution is 2.63. The van der Waals surface area contributed by atoms with Gasteiger partial charge in [-0.05, 0) is 313 Å². The summed E-state index contributed by atoms with van der Waals surface area (Å²) in [7, 11) is 12.8. The Morgan fingerprint density at radius 1 is 0.290 bits per heavy atom. The number of carbonyl (C=O) groups is 6. The highest BCUT2D eigenvalue weighted by Gasteiger charge is 2.66. The maximum atomic E-state index is 13.3. The number of hydrazine groups is 1. The Hall–Kier alpha value is -5.44. The van der Waals surface area contributed by atoms with Crippen molar-refractivity contribution in [2.24, 2.45) is 98.6 Å². The molecular weight excluding hydrogens is 1820 g/mol. The number of hydrogen-bond donors (Lipinski definition) is 1. The molecule has 1 aromatic rings. The topological polar surface area (TPSA) is 209 Å². The van der Waals surface area contributed by atoms with Crippen molar-refractivity contribution in [2.75, 3.05) is 160 Å². The van der Waals surface area contributed by atoms with Crippen LogP contribution in [0.25, 0.3) is 0 Å². The van der Waals surface area contributed by atoms with Crippen LogP contribution in [0.3, 0.4) is 0 Å². The predicted molar refractivity (Wildman–Crippen MR) is 588 cm³/mol. The molecule has 12 heterocycles. The van der Waals surface area contributed by atoms with Crippen LogP contribution in [-0.2, 0) is 34.8 Å². The van der Waals surface area contributed by atoms with Crippen molar-refractivity contribution in [3.05, 3.63) is 35.9 Å². The molecule has 12 saturated heterocycles. The summed E-state index contributed by atoms with van der Waals surface area (Å²) in [5, 5.41) is 1.82. The van der Waals surface area contributed by atoms with Gasteiger partial charge in [0.05, 0.1) is 33.2 Å². The van der Waals surface area contributed by atoms with Crippen molar-refractivity contribution in [3.63, 3.8) is 0 Å². The summed E-state index contributed by atoms with van der Waals surface area (Å²) in [6.07, 6.45) is 31.9. The second-order valence-corrected chi connectivity index (χ2v) is 54.1. The Kier molecular flexibility index (Phi) is 41.8. The zero-order valence-corrected chi connectivity index (χ0v) is 98.4. The number of nitrogens with one attached hydrogen (secondary N) is 1. The fourth-order valence-corrected chi connectivity index (χ4v) is 30.7. The number of piperidine rings is 6. The van der Waals surface area contributed by atoms with Gasteiger partial charge in [-0.1, -0.05) is 230 Å². The molecule has 0 bridgehead atoms. The van der Waals surface area contributed by atoms with Crippen LogP contribution in [0.5, 0.6) is 0 Å².